The molecule has 1 unspecified atom stereocenters. The molecule has 1 aromatic rings. The zero-order valence-corrected chi connectivity index (χ0v) is 10.5. The van der Waals surface area contributed by atoms with Crippen molar-refractivity contribution in [2.24, 2.45) is 5.73 Å². The van der Waals surface area contributed by atoms with Crippen molar-refractivity contribution in [3.8, 4) is 0 Å². The summed E-state index contributed by atoms with van der Waals surface area (Å²) in [5.74, 6) is 0.168. The third-order valence-electron chi connectivity index (χ3n) is 3.05. The summed E-state index contributed by atoms with van der Waals surface area (Å²) in [7, 11) is 0. The summed E-state index contributed by atoms with van der Waals surface area (Å²) >= 11 is 0. The van der Waals surface area contributed by atoms with Gasteiger partial charge >= 0.3 is 0 Å². The van der Waals surface area contributed by atoms with Crippen molar-refractivity contribution in [1.82, 2.24) is 9.88 Å². The van der Waals surface area contributed by atoms with Crippen LogP contribution in [0.3, 0.4) is 0 Å². The van der Waals surface area contributed by atoms with Gasteiger partial charge in [-0.05, 0) is 24.5 Å². The summed E-state index contributed by atoms with van der Waals surface area (Å²) in [4.78, 5) is 17.9. The summed E-state index contributed by atoms with van der Waals surface area (Å²) in [6.45, 7) is 1.42. The maximum Gasteiger partial charge on any atom is 0.227 e. The van der Waals surface area contributed by atoms with E-state index >= 15 is 0 Å². The van der Waals surface area contributed by atoms with Crippen LogP contribution >= 0.6 is 12.4 Å². The quantitative estimate of drug-likeness (QED) is 0.877. The summed E-state index contributed by atoms with van der Waals surface area (Å²) < 4.78 is 0. The van der Waals surface area contributed by atoms with Crippen LogP contribution in [0.5, 0.6) is 0 Å². The van der Waals surface area contributed by atoms with Crippen LogP contribution in [0.25, 0.3) is 0 Å². The van der Waals surface area contributed by atoms with Crippen LogP contribution in [0.15, 0.2) is 24.5 Å². The molecule has 1 atom stereocenters. The minimum atomic E-state index is 0. The summed E-state index contributed by atoms with van der Waals surface area (Å²) in [5, 5.41) is 0. The first-order valence-electron chi connectivity index (χ1n) is 5.69. The number of hydrogen-bond donors (Lipinski definition) is 1. The Morgan fingerprint density at radius 2 is 2.41 bits per heavy atom. The van der Waals surface area contributed by atoms with Gasteiger partial charge in [0, 0.05) is 31.5 Å². The molecule has 1 amide bonds. The van der Waals surface area contributed by atoms with Gasteiger partial charge in [0.25, 0.3) is 0 Å². The first-order valence-corrected chi connectivity index (χ1v) is 5.69. The molecule has 1 aromatic heterocycles. The van der Waals surface area contributed by atoms with Crippen molar-refractivity contribution in [3.63, 3.8) is 0 Å². The number of pyridine rings is 1. The Morgan fingerprint density at radius 1 is 1.59 bits per heavy atom. The largest absolute Gasteiger partial charge is 0.338 e. The lowest BCUT2D eigenvalue weighted by Gasteiger charge is -2.23. The van der Waals surface area contributed by atoms with Gasteiger partial charge in [-0.15, -0.1) is 12.4 Å². The monoisotopic (exact) mass is 255 g/mol. The zero-order valence-electron chi connectivity index (χ0n) is 9.71. The lowest BCUT2D eigenvalue weighted by atomic mass is 10.1. The molecule has 0 bridgehead atoms. The molecule has 0 spiro atoms. The third kappa shape index (κ3) is 3.41. The van der Waals surface area contributed by atoms with Crippen LogP contribution in [-0.2, 0) is 11.2 Å². The van der Waals surface area contributed by atoms with Crippen LogP contribution < -0.4 is 5.73 Å². The molecular formula is C12H18ClN3O. The predicted molar refractivity (Wildman–Crippen MR) is 69.0 cm³/mol. The van der Waals surface area contributed by atoms with E-state index in [-0.39, 0.29) is 24.4 Å². The minimum Gasteiger partial charge on any atom is -0.338 e. The number of carbonyl (C=O) groups is 1. The van der Waals surface area contributed by atoms with E-state index in [4.69, 9.17) is 5.73 Å². The van der Waals surface area contributed by atoms with Crippen molar-refractivity contribution in [2.45, 2.75) is 25.3 Å². The van der Waals surface area contributed by atoms with Gasteiger partial charge in [0.2, 0.25) is 5.91 Å². The van der Waals surface area contributed by atoms with Gasteiger partial charge < -0.3 is 10.6 Å². The molecule has 0 aromatic carbocycles. The fourth-order valence-corrected chi connectivity index (χ4v) is 2.19. The topological polar surface area (TPSA) is 59.2 Å². The number of likely N-dealkylation sites (tertiary alicyclic amines) is 1. The number of hydrogen-bond acceptors (Lipinski definition) is 3. The Labute approximate surface area is 108 Å². The molecule has 5 heteroatoms. The highest BCUT2D eigenvalue weighted by Crippen LogP contribution is 2.17. The molecule has 4 nitrogen and oxygen atoms in total. The second-order valence-corrected chi connectivity index (χ2v) is 4.16. The van der Waals surface area contributed by atoms with E-state index in [9.17, 15) is 4.79 Å². The standard InChI is InChI=1S/C12H17N3O.ClH/c13-8-11-4-2-6-15(11)12(16)7-10-3-1-5-14-9-10;/h1,3,5,9,11H,2,4,6-8,13H2;1H. The first-order chi connectivity index (χ1) is 7.81. The molecular weight excluding hydrogens is 238 g/mol. The van der Waals surface area contributed by atoms with E-state index in [0.29, 0.717) is 13.0 Å². The highest BCUT2D eigenvalue weighted by molar-refractivity contribution is 5.85. The van der Waals surface area contributed by atoms with Gasteiger partial charge in [-0.2, -0.15) is 0 Å². The van der Waals surface area contributed by atoms with Gasteiger partial charge in [0.1, 0.15) is 0 Å². The molecule has 0 aliphatic carbocycles. The molecule has 0 saturated carbocycles. The summed E-state index contributed by atoms with van der Waals surface area (Å²) in [6, 6.07) is 4.02. The van der Waals surface area contributed by atoms with Gasteiger partial charge in [-0.25, -0.2) is 0 Å². The molecule has 0 radical (unpaired) electrons. The average molecular weight is 256 g/mol. The number of nitrogens with two attached hydrogens (primary N) is 1. The minimum absolute atomic E-state index is 0. The third-order valence-corrected chi connectivity index (χ3v) is 3.05. The maximum atomic E-state index is 12.0. The predicted octanol–water partition coefficient (Wildman–Crippen LogP) is 0.996. The fourth-order valence-electron chi connectivity index (χ4n) is 2.19. The lowest BCUT2D eigenvalue weighted by Crippen LogP contribution is -2.40. The molecule has 1 aliphatic heterocycles. The zero-order chi connectivity index (χ0) is 11.4. The van der Waals surface area contributed by atoms with Crippen LogP contribution in [0, 0.1) is 0 Å². The summed E-state index contributed by atoms with van der Waals surface area (Å²) in [5.41, 5.74) is 6.62. The van der Waals surface area contributed by atoms with Gasteiger partial charge in [-0.1, -0.05) is 6.07 Å². The fraction of sp³-hybridized carbons (Fsp3) is 0.500. The first kappa shape index (κ1) is 13.9. The SMILES string of the molecule is Cl.NCC1CCCN1C(=O)Cc1cccnc1. The molecule has 17 heavy (non-hydrogen) atoms. The van der Waals surface area contributed by atoms with E-state index in [1.54, 1.807) is 12.4 Å². The Balaban J connectivity index is 0.00000144. The number of aromatic nitrogens is 1. The average Bonchev–Trinajstić information content (AvgIpc) is 2.78. The Bertz CT molecular complexity index is 358. The smallest absolute Gasteiger partial charge is 0.227 e. The Morgan fingerprint density at radius 3 is 3.06 bits per heavy atom. The number of nitrogens with zero attached hydrogens (tertiary/aromatic N) is 2. The van der Waals surface area contributed by atoms with Crippen molar-refractivity contribution in [2.75, 3.05) is 13.1 Å². The van der Waals surface area contributed by atoms with E-state index in [0.717, 1.165) is 24.9 Å². The number of halogens is 1. The molecule has 1 aliphatic rings. The second kappa shape index (κ2) is 6.57. The van der Waals surface area contributed by atoms with Crippen molar-refractivity contribution >= 4 is 18.3 Å². The van der Waals surface area contributed by atoms with E-state index < -0.39 is 0 Å². The lowest BCUT2D eigenvalue weighted by molar-refractivity contribution is -0.131. The number of amides is 1. The van der Waals surface area contributed by atoms with Crippen LogP contribution in [-0.4, -0.2) is 34.9 Å². The molecule has 2 N–H and O–H groups in total. The second-order valence-electron chi connectivity index (χ2n) is 4.16. The van der Waals surface area contributed by atoms with Crippen molar-refractivity contribution in [1.29, 1.82) is 0 Å². The highest BCUT2D eigenvalue weighted by atomic mass is 35.5. The molecule has 1 saturated heterocycles. The maximum absolute atomic E-state index is 12.0. The van der Waals surface area contributed by atoms with Crippen LogP contribution in [0.4, 0.5) is 0 Å². The number of rotatable bonds is 3. The Kier molecular flexibility index (Phi) is 5.38. The Hall–Kier alpha value is -1.13. The van der Waals surface area contributed by atoms with Crippen LogP contribution in [0.1, 0.15) is 18.4 Å². The van der Waals surface area contributed by atoms with E-state index in [1.807, 2.05) is 17.0 Å². The van der Waals surface area contributed by atoms with Gasteiger partial charge in [-0.3, -0.25) is 9.78 Å². The van der Waals surface area contributed by atoms with Crippen molar-refractivity contribution < 1.29 is 4.79 Å². The molecule has 94 valence electrons. The van der Waals surface area contributed by atoms with Crippen LogP contribution in [0.2, 0.25) is 0 Å². The molecule has 2 rings (SSSR count). The normalized spacial score (nSPS) is 18.9. The molecule has 2 heterocycles. The van der Waals surface area contributed by atoms with E-state index in [2.05, 4.69) is 4.98 Å². The van der Waals surface area contributed by atoms with Crippen molar-refractivity contribution in [3.05, 3.63) is 30.1 Å². The number of carbonyl (C=O) groups excluding carboxylic acids is 1. The summed E-state index contributed by atoms with van der Waals surface area (Å²) in [6.07, 6.45) is 6.00. The van der Waals surface area contributed by atoms with E-state index in [1.165, 1.54) is 0 Å². The van der Waals surface area contributed by atoms with Gasteiger partial charge in [0.05, 0.1) is 6.42 Å². The van der Waals surface area contributed by atoms with Gasteiger partial charge in [0.15, 0.2) is 0 Å². The molecule has 1 fully saturated rings. The highest BCUT2D eigenvalue weighted by Gasteiger charge is 2.27.